The minimum atomic E-state index is -3.52. The highest BCUT2D eigenvalue weighted by molar-refractivity contribution is 7.89. The van der Waals surface area contributed by atoms with Crippen LogP contribution < -0.4 is 5.73 Å². The summed E-state index contributed by atoms with van der Waals surface area (Å²) < 4.78 is 27.1. The third-order valence-electron chi connectivity index (χ3n) is 4.11. The van der Waals surface area contributed by atoms with Crippen molar-refractivity contribution in [3.8, 4) is 0 Å². The van der Waals surface area contributed by atoms with Gasteiger partial charge in [0.05, 0.1) is 4.90 Å². The van der Waals surface area contributed by atoms with Crippen LogP contribution in [0.3, 0.4) is 0 Å². The van der Waals surface area contributed by atoms with E-state index in [1.165, 1.54) is 4.31 Å². The minimum absolute atomic E-state index is 0.0226. The van der Waals surface area contributed by atoms with Gasteiger partial charge in [-0.25, -0.2) is 8.42 Å². The molecule has 1 heterocycles. The van der Waals surface area contributed by atoms with E-state index in [4.69, 9.17) is 17.3 Å². The average molecular weight is 317 g/mol. The van der Waals surface area contributed by atoms with E-state index in [0.717, 1.165) is 0 Å². The lowest BCUT2D eigenvalue weighted by Gasteiger charge is -2.41. The molecule has 2 rings (SSSR count). The Balaban J connectivity index is 2.39. The summed E-state index contributed by atoms with van der Waals surface area (Å²) in [5.74, 6) is 0. The van der Waals surface area contributed by atoms with Crippen LogP contribution in [0.4, 0.5) is 0 Å². The zero-order chi connectivity index (χ0) is 15.1. The predicted octanol–water partition coefficient (Wildman–Crippen LogP) is 2.40. The summed E-state index contributed by atoms with van der Waals surface area (Å²) in [7, 11) is -3.52. The highest BCUT2D eigenvalue weighted by Crippen LogP contribution is 2.33. The first-order valence-electron chi connectivity index (χ1n) is 6.67. The van der Waals surface area contributed by atoms with E-state index in [9.17, 15) is 8.42 Å². The van der Waals surface area contributed by atoms with E-state index in [1.54, 1.807) is 25.1 Å². The van der Waals surface area contributed by atoms with Gasteiger partial charge in [-0.3, -0.25) is 0 Å². The van der Waals surface area contributed by atoms with Gasteiger partial charge in [-0.15, -0.1) is 0 Å². The molecule has 1 fully saturated rings. The second-order valence-corrected chi connectivity index (χ2v) is 8.40. The van der Waals surface area contributed by atoms with Crippen molar-refractivity contribution in [1.29, 1.82) is 0 Å². The van der Waals surface area contributed by atoms with Crippen LogP contribution in [-0.4, -0.2) is 31.9 Å². The largest absolute Gasteiger partial charge is 0.327 e. The molecule has 4 nitrogen and oxygen atoms in total. The Morgan fingerprint density at radius 3 is 2.65 bits per heavy atom. The van der Waals surface area contributed by atoms with E-state index in [-0.39, 0.29) is 16.4 Å². The second-order valence-electron chi connectivity index (χ2n) is 6.09. The lowest BCUT2D eigenvalue weighted by atomic mass is 9.81. The zero-order valence-electron chi connectivity index (χ0n) is 12.1. The quantitative estimate of drug-likeness (QED) is 0.911. The number of rotatable bonds is 2. The topological polar surface area (TPSA) is 63.4 Å². The maximum atomic E-state index is 12.8. The predicted molar refractivity (Wildman–Crippen MR) is 81.3 cm³/mol. The molecule has 0 saturated carbocycles. The molecular weight excluding hydrogens is 296 g/mol. The number of nitrogens with two attached hydrogens (primary N) is 1. The summed E-state index contributed by atoms with van der Waals surface area (Å²) in [6.07, 6.45) is 0.672. The molecule has 20 heavy (non-hydrogen) atoms. The van der Waals surface area contributed by atoms with Crippen molar-refractivity contribution in [1.82, 2.24) is 4.31 Å². The molecular formula is C14H21ClN2O2S. The Kier molecular flexibility index (Phi) is 4.17. The highest BCUT2D eigenvalue weighted by Gasteiger charge is 2.39. The maximum absolute atomic E-state index is 12.8. The number of halogens is 1. The van der Waals surface area contributed by atoms with Crippen molar-refractivity contribution in [2.45, 2.75) is 38.1 Å². The molecule has 1 aliphatic heterocycles. The Morgan fingerprint density at radius 1 is 1.40 bits per heavy atom. The first-order chi connectivity index (χ1) is 9.16. The Hall–Kier alpha value is -0.620. The van der Waals surface area contributed by atoms with Crippen LogP contribution in [-0.2, 0) is 10.0 Å². The van der Waals surface area contributed by atoms with E-state index >= 15 is 0 Å². The van der Waals surface area contributed by atoms with Gasteiger partial charge < -0.3 is 5.73 Å². The van der Waals surface area contributed by atoms with Crippen LogP contribution in [0.5, 0.6) is 0 Å². The molecule has 0 radical (unpaired) electrons. The van der Waals surface area contributed by atoms with Gasteiger partial charge >= 0.3 is 0 Å². The van der Waals surface area contributed by atoms with Crippen molar-refractivity contribution in [3.63, 3.8) is 0 Å². The molecule has 0 bridgehead atoms. The van der Waals surface area contributed by atoms with Crippen LogP contribution in [0.25, 0.3) is 0 Å². The van der Waals surface area contributed by atoms with Gasteiger partial charge in [0.25, 0.3) is 0 Å². The summed E-state index contributed by atoms with van der Waals surface area (Å²) in [5, 5.41) is 0.471. The number of hydrogen-bond acceptors (Lipinski definition) is 3. The SMILES string of the molecule is Cc1c(Cl)cccc1S(=O)(=O)N1CCC(N)C(C)(C)C1. The fourth-order valence-electron chi connectivity index (χ4n) is 2.54. The molecule has 2 N–H and O–H groups in total. The van der Waals surface area contributed by atoms with Gasteiger partial charge in [-0.05, 0) is 36.5 Å². The van der Waals surface area contributed by atoms with Gasteiger partial charge in [0.15, 0.2) is 0 Å². The molecule has 0 spiro atoms. The van der Waals surface area contributed by atoms with Gasteiger partial charge in [0.2, 0.25) is 10.0 Å². The molecule has 1 aromatic rings. The highest BCUT2D eigenvalue weighted by atomic mass is 35.5. The first kappa shape index (κ1) is 15.8. The number of nitrogens with zero attached hydrogens (tertiary/aromatic N) is 1. The average Bonchev–Trinajstić information content (AvgIpc) is 2.35. The molecule has 1 atom stereocenters. The van der Waals surface area contributed by atoms with E-state index in [1.807, 2.05) is 13.8 Å². The van der Waals surface area contributed by atoms with Crippen LogP contribution in [0, 0.1) is 12.3 Å². The monoisotopic (exact) mass is 316 g/mol. The zero-order valence-corrected chi connectivity index (χ0v) is 13.6. The molecule has 1 aromatic carbocycles. The summed E-state index contributed by atoms with van der Waals surface area (Å²) in [6.45, 7) is 6.63. The van der Waals surface area contributed by atoms with Crippen LogP contribution in [0.2, 0.25) is 5.02 Å². The van der Waals surface area contributed by atoms with Crippen molar-refractivity contribution < 1.29 is 8.42 Å². The normalized spacial score (nSPS) is 23.8. The lowest BCUT2D eigenvalue weighted by Crippen LogP contribution is -2.53. The third kappa shape index (κ3) is 2.72. The van der Waals surface area contributed by atoms with E-state index in [2.05, 4.69) is 0 Å². The van der Waals surface area contributed by atoms with Gasteiger partial charge in [-0.1, -0.05) is 31.5 Å². The second kappa shape index (κ2) is 5.30. The van der Waals surface area contributed by atoms with E-state index < -0.39 is 10.0 Å². The summed E-state index contributed by atoms with van der Waals surface area (Å²) in [4.78, 5) is 0.288. The Bertz CT molecular complexity index is 614. The molecule has 1 unspecified atom stereocenters. The van der Waals surface area contributed by atoms with Gasteiger partial charge in [0.1, 0.15) is 0 Å². The molecule has 1 saturated heterocycles. The number of hydrogen-bond donors (Lipinski definition) is 1. The standard InChI is InChI=1S/C14H21ClN2O2S/c1-10-11(15)5-4-6-12(10)20(18,19)17-8-7-13(16)14(2,3)9-17/h4-6,13H,7-9,16H2,1-3H3. The third-order valence-corrected chi connectivity index (χ3v) is 6.51. The fraction of sp³-hybridized carbons (Fsp3) is 0.571. The van der Waals surface area contributed by atoms with Crippen molar-refractivity contribution >= 4 is 21.6 Å². The fourth-order valence-corrected chi connectivity index (χ4v) is 4.64. The molecule has 112 valence electrons. The molecule has 6 heteroatoms. The van der Waals surface area contributed by atoms with Crippen molar-refractivity contribution in [2.75, 3.05) is 13.1 Å². The molecule has 0 aliphatic carbocycles. The van der Waals surface area contributed by atoms with Gasteiger partial charge in [0, 0.05) is 24.2 Å². The van der Waals surface area contributed by atoms with E-state index in [0.29, 0.717) is 30.1 Å². The summed E-state index contributed by atoms with van der Waals surface area (Å²) >= 11 is 6.04. The Morgan fingerprint density at radius 2 is 2.05 bits per heavy atom. The number of piperidine rings is 1. The lowest BCUT2D eigenvalue weighted by molar-refractivity contribution is 0.155. The molecule has 0 amide bonds. The molecule has 0 aromatic heterocycles. The number of sulfonamides is 1. The smallest absolute Gasteiger partial charge is 0.243 e. The van der Waals surface area contributed by atoms with Crippen LogP contribution >= 0.6 is 11.6 Å². The first-order valence-corrected chi connectivity index (χ1v) is 8.49. The van der Waals surface area contributed by atoms with Crippen molar-refractivity contribution in [2.24, 2.45) is 11.1 Å². The van der Waals surface area contributed by atoms with Crippen LogP contribution in [0.15, 0.2) is 23.1 Å². The number of benzene rings is 1. The van der Waals surface area contributed by atoms with Crippen LogP contribution in [0.1, 0.15) is 25.8 Å². The van der Waals surface area contributed by atoms with Crippen molar-refractivity contribution in [3.05, 3.63) is 28.8 Å². The maximum Gasteiger partial charge on any atom is 0.243 e. The molecule has 1 aliphatic rings. The Labute approximate surface area is 126 Å². The van der Waals surface area contributed by atoms with Gasteiger partial charge in [-0.2, -0.15) is 4.31 Å². The summed E-state index contributed by atoms with van der Waals surface area (Å²) in [5.41, 5.74) is 6.44. The minimum Gasteiger partial charge on any atom is -0.327 e. The summed E-state index contributed by atoms with van der Waals surface area (Å²) in [6, 6.07) is 5.00.